The molecule has 4 rings (SSSR count). The number of hydrogen-bond donors (Lipinski definition) is 2. The largest absolute Gasteiger partial charge is 0.368 e. The van der Waals surface area contributed by atoms with Crippen molar-refractivity contribution < 1.29 is 14.4 Å². The van der Waals surface area contributed by atoms with E-state index in [0.717, 1.165) is 6.42 Å². The summed E-state index contributed by atoms with van der Waals surface area (Å²) in [6.07, 6.45) is 3.92. The van der Waals surface area contributed by atoms with E-state index in [-0.39, 0.29) is 17.4 Å². The standard InChI is InChI=1S/C23H20N4O4/c24-21(29)19-6-3-13-27(19)23(31)15-9-7-14(8-10-15)20(28)12-11-18-22(30)26-17-5-2-1-4-16(17)25-18/h1-2,4-5,7-12,19H,3,6,13H2,(H2,24,29)(H,26,30). The molecule has 0 radical (unpaired) electrons. The number of fused-ring (bicyclic) bond motifs is 1. The van der Waals surface area contributed by atoms with Crippen LogP contribution in [0.4, 0.5) is 0 Å². The van der Waals surface area contributed by atoms with Crippen LogP contribution in [0.3, 0.4) is 0 Å². The zero-order valence-electron chi connectivity index (χ0n) is 16.6. The molecule has 31 heavy (non-hydrogen) atoms. The van der Waals surface area contributed by atoms with Crippen LogP contribution in [0.2, 0.25) is 0 Å². The summed E-state index contributed by atoms with van der Waals surface area (Å²) in [4.78, 5) is 57.3. The Bertz CT molecular complexity index is 1260. The van der Waals surface area contributed by atoms with Crippen molar-refractivity contribution in [2.45, 2.75) is 18.9 Å². The van der Waals surface area contributed by atoms with Crippen LogP contribution >= 0.6 is 0 Å². The Balaban J connectivity index is 1.50. The average molecular weight is 416 g/mol. The normalized spacial score (nSPS) is 16.1. The number of benzene rings is 2. The second-order valence-electron chi connectivity index (χ2n) is 7.30. The topological polar surface area (TPSA) is 126 Å². The lowest BCUT2D eigenvalue weighted by atomic mass is 10.1. The maximum absolute atomic E-state index is 12.7. The summed E-state index contributed by atoms with van der Waals surface area (Å²) in [6, 6.07) is 12.7. The van der Waals surface area contributed by atoms with Gasteiger partial charge < -0.3 is 15.6 Å². The summed E-state index contributed by atoms with van der Waals surface area (Å²) >= 11 is 0. The maximum Gasteiger partial charge on any atom is 0.274 e. The van der Waals surface area contributed by atoms with Gasteiger partial charge >= 0.3 is 0 Å². The number of amides is 2. The molecule has 0 aliphatic carbocycles. The van der Waals surface area contributed by atoms with Crippen LogP contribution in [0.1, 0.15) is 39.3 Å². The number of carbonyl (C=O) groups excluding carboxylic acids is 3. The summed E-state index contributed by atoms with van der Waals surface area (Å²) in [5.41, 5.74) is 7.09. The van der Waals surface area contributed by atoms with Crippen LogP contribution in [-0.2, 0) is 4.79 Å². The number of nitrogens with one attached hydrogen (secondary N) is 1. The summed E-state index contributed by atoms with van der Waals surface area (Å²) < 4.78 is 0. The zero-order chi connectivity index (χ0) is 22.0. The van der Waals surface area contributed by atoms with Gasteiger partial charge in [0.15, 0.2) is 5.78 Å². The molecule has 1 unspecified atom stereocenters. The Morgan fingerprint density at radius 2 is 1.77 bits per heavy atom. The first-order valence-corrected chi connectivity index (χ1v) is 9.86. The summed E-state index contributed by atoms with van der Waals surface area (Å²) in [5.74, 6) is -1.13. The van der Waals surface area contributed by atoms with Gasteiger partial charge in [0.25, 0.3) is 11.5 Å². The van der Waals surface area contributed by atoms with Crippen molar-refractivity contribution in [3.05, 3.63) is 81.8 Å². The second-order valence-corrected chi connectivity index (χ2v) is 7.30. The molecular weight excluding hydrogens is 396 g/mol. The van der Waals surface area contributed by atoms with E-state index in [1.54, 1.807) is 30.3 Å². The minimum Gasteiger partial charge on any atom is -0.368 e. The van der Waals surface area contributed by atoms with Crippen LogP contribution in [0.15, 0.2) is 59.4 Å². The lowest BCUT2D eigenvalue weighted by Gasteiger charge is -2.22. The first-order chi connectivity index (χ1) is 14.9. The van der Waals surface area contributed by atoms with Gasteiger partial charge in [-0.15, -0.1) is 0 Å². The Labute approximate surface area is 177 Å². The predicted molar refractivity (Wildman–Crippen MR) is 115 cm³/mol. The van der Waals surface area contributed by atoms with E-state index < -0.39 is 17.5 Å². The van der Waals surface area contributed by atoms with Gasteiger partial charge in [-0.3, -0.25) is 19.2 Å². The molecule has 8 nitrogen and oxygen atoms in total. The zero-order valence-corrected chi connectivity index (χ0v) is 16.6. The number of aromatic amines is 1. The molecule has 8 heteroatoms. The Kier molecular flexibility index (Phi) is 5.44. The number of para-hydroxylation sites is 2. The summed E-state index contributed by atoms with van der Waals surface area (Å²) in [7, 11) is 0. The number of rotatable bonds is 5. The van der Waals surface area contributed by atoms with Gasteiger partial charge in [0.2, 0.25) is 5.91 Å². The molecule has 1 atom stereocenters. The van der Waals surface area contributed by atoms with E-state index >= 15 is 0 Å². The molecule has 1 aliphatic rings. The van der Waals surface area contributed by atoms with Gasteiger partial charge in [-0.25, -0.2) is 4.98 Å². The molecule has 0 spiro atoms. The molecule has 2 aromatic carbocycles. The van der Waals surface area contributed by atoms with Crippen molar-refractivity contribution in [1.82, 2.24) is 14.9 Å². The van der Waals surface area contributed by atoms with Gasteiger partial charge in [-0.05, 0) is 49.3 Å². The number of nitrogens with two attached hydrogens (primary N) is 1. The summed E-state index contributed by atoms with van der Waals surface area (Å²) in [5, 5.41) is 0. The molecule has 3 aromatic rings. The van der Waals surface area contributed by atoms with Gasteiger partial charge in [-0.2, -0.15) is 0 Å². The molecule has 1 aliphatic heterocycles. The molecule has 156 valence electrons. The Hall–Kier alpha value is -4.07. The number of hydrogen-bond acceptors (Lipinski definition) is 5. The molecule has 1 aromatic heterocycles. The monoisotopic (exact) mass is 416 g/mol. The number of aromatic nitrogens is 2. The van der Waals surface area contributed by atoms with Crippen molar-refractivity contribution in [3.8, 4) is 0 Å². The minimum atomic E-state index is -0.593. The van der Waals surface area contributed by atoms with E-state index in [4.69, 9.17) is 5.73 Å². The molecule has 2 amide bonds. The Morgan fingerprint density at radius 3 is 2.52 bits per heavy atom. The highest BCUT2D eigenvalue weighted by molar-refractivity contribution is 6.07. The molecule has 0 bridgehead atoms. The lowest BCUT2D eigenvalue weighted by molar-refractivity contribution is -0.121. The predicted octanol–water partition coefficient (Wildman–Crippen LogP) is 1.91. The molecular formula is C23H20N4O4. The van der Waals surface area contributed by atoms with Crippen molar-refractivity contribution in [2.24, 2.45) is 5.73 Å². The summed E-state index contributed by atoms with van der Waals surface area (Å²) in [6.45, 7) is 0.475. The van der Waals surface area contributed by atoms with E-state index in [0.29, 0.717) is 35.1 Å². The quantitative estimate of drug-likeness (QED) is 0.485. The number of allylic oxidation sites excluding steroid dienone is 1. The first kappa shape index (κ1) is 20.2. The third-order valence-corrected chi connectivity index (χ3v) is 5.28. The van der Waals surface area contributed by atoms with Gasteiger partial charge in [-0.1, -0.05) is 24.3 Å². The fourth-order valence-corrected chi connectivity index (χ4v) is 3.66. The van der Waals surface area contributed by atoms with Crippen molar-refractivity contribution in [3.63, 3.8) is 0 Å². The van der Waals surface area contributed by atoms with Gasteiger partial charge in [0, 0.05) is 17.7 Å². The lowest BCUT2D eigenvalue weighted by Crippen LogP contribution is -2.43. The fourth-order valence-electron chi connectivity index (χ4n) is 3.66. The van der Waals surface area contributed by atoms with Crippen LogP contribution in [0.5, 0.6) is 0 Å². The van der Waals surface area contributed by atoms with Crippen LogP contribution in [-0.4, -0.2) is 45.1 Å². The highest BCUT2D eigenvalue weighted by Crippen LogP contribution is 2.20. The third-order valence-electron chi connectivity index (χ3n) is 5.28. The minimum absolute atomic E-state index is 0.130. The number of carbonyl (C=O) groups is 3. The smallest absolute Gasteiger partial charge is 0.274 e. The van der Waals surface area contributed by atoms with Crippen LogP contribution < -0.4 is 11.3 Å². The molecule has 3 N–H and O–H groups in total. The highest BCUT2D eigenvalue weighted by Gasteiger charge is 2.33. The maximum atomic E-state index is 12.7. The molecule has 2 heterocycles. The Morgan fingerprint density at radius 1 is 1.06 bits per heavy atom. The first-order valence-electron chi connectivity index (χ1n) is 9.86. The third kappa shape index (κ3) is 4.13. The number of primary amides is 1. The average Bonchev–Trinajstić information content (AvgIpc) is 3.27. The van der Waals surface area contributed by atoms with Crippen LogP contribution in [0.25, 0.3) is 17.1 Å². The van der Waals surface area contributed by atoms with Crippen molar-refractivity contribution >= 4 is 34.7 Å². The van der Waals surface area contributed by atoms with Gasteiger partial charge in [0.05, 0.1) is 11.0 Å². The van der Waals surface area contributed by atoms with E-state index in [1.165, 1.54) is 29.2 Å². The van der Waals surface area contributed by atoms with E-state index in [2.05, 4.69) is 9.97 Å². The SMILES string of the molecule is NC(=O)C1CCCN1C(=O)c1ccc(C(=O)C=Cc2nc3ccccc3[nH]c2=O)cc1. The number of likely N-dealkylation sites (tertiary alicyclic amines) is 1. The highest BCUT2D eigenvalue weighted by atomic mass is 16.2. The molecule has 0 saturated carbocycles. The fraction of sp³-hybridized carbons (Fsp3) is 0.174. The van der Waals surface area contributed by atoms with Crippen molar-refractivity contribution in [2.75, 3.05) is 6.54 Å². The number of nitrogens with zero attached hydrogens (tertiary/aromatic N) is 2. The van der Waals surface area contributed by atoms with Crippen molar-refractivity contribution in [1.29, 1.82) is 0 Å². The molecule has 1 fully saturated rings. The second kappa shape index (κ2) is 8.35. The van der Waals surface area contributed by atoms with E-state index in [1.807, 2.05) is 6.07 Å². The number of ketones is 1. The number of H-pyrrole nitrogens is 1. The van der Waals surface area contributed by atoms with Crippen LogP contribution in [0, 0.1) is 0 Å². The van der Waals surface area contributed by atoms with E-state index in [9.17, 15) is 19.2 Å². The van der Waals surface area contributed by atoms with Gasteiger partial charge in [0.1, 0.15) is 11.7 Å². The molecule has 1 saturated heterocycles.